The number of oxime groups is 1. The number of carbonyl (C=O) groups excluding carboxylic acids is 2. The van der Waals surface area contributed by atoms with Gasteiger partial charge in [0.2, 0.25) is 11.9 Å². The predicted molar refractivity (Wildman–Crippen MR) is 145 cm³/mol. The molecule has 2 saturated heterocycles. The fourth-order valence-corrected chi connectivity index (χ4v) is 5.67. The number of benzene rings is 1. The second-order valence-electron chi connectivity index (χ2n) is 9.14. The molecule has 2 aromatic heterocycles. The molecule has 1 aromatic carbocycles. The van der Waals surface area contributed by atoms with Crippen molar-refractivity contribution < 1.29 is 14.4 Å². The van der Waals surface area contributed by atoms with Crippen LogP contribution in [0.25, 0.3) is 10.2 Å². The van der Waals surface area contributed by atoms with Crippen LogP contribution in [-0.4, -0.2) is 71.7 Å². The van der Waals surface area contributed by atoms with Crippen LogP contribution in [0.5, 0.6) is 0 Å². The molecule has 3 aromatic rings. The number of nitrogen functional groups attached to an aromatic ring is 1. The van der Waals surface area contributed by atoms with Crippen LogP contribution < -0.4 is 16.0 Å². The van der Waals surface area contributed by atoms with Crippen LogP contribution in [0.1, 0.15) is 53.5 Å². The van der Waals surface area contributed by atoms with E-state index in [1.165, 1.54) is 24.2 Å². The summed E-state index contributed by atoms with van der Waals surface area (Å²) in [6, 6.07) is 9.41. The molecule has 10 nitrogen and oxygen atoms in total. The Bertz CT molecular complexity index is 1320. The largest absolute Gasteiger partial charge is 0.394 e. The van der Waals surface area contributed by atoms with Gasteiger partial charge in [0.15, 0.2) is 0 Å². The first kappa shape index (κ1) is 25.1. The van der Waals surface area contributed by atoms with E-state index in [4.69, 9.17) is 10.6 Å². The van der Waals surface area contributed by atoms with Crippen molar-refractivity contribution in [3.05, 3.63) is 46.5 Å². The number of carbonyl (C=O) groups is 2. The molecule has 2 aliphatic rings. The zero-order valence-electron chi connectivity index (χ0n) is 20.9. The molecule has 0 aliphatic carbocycles. The first-order valence-electron chi connectivity index (χ1n) is 12.7. The lowest BCUT2D eigenvalue weighted by Crippen LogP contribution is -2.24. The first-order valence-corrected chi connectivity index (χ1v) is 13.5. The highest BCUT2D eigenvalue weighted by Gasteiger charge is 2.23. The number of aromatic nitrogens is 2. The summed E-state index contributed by atoms with van der Waals surface area (Å²) in [4.78, 5) is 44.7. The van der Waals surface area contributed by atoms with Crippen LogP contribution in [0.2, 0.25) is 0 Å². The SMILES string of the molecule is CCNC(=O)c1cc2c(/C(=N\OCCN3CCCC3)c3ccc(N4CCCC4=O)cc3)nc(N)nc2s1. The molecule has 5 rings (SSSR count). The maximum Gasteiger partial charge on any atom is 0.261 e. The van der Waals surface area contributed by atoms with Gasteiger partial charge in [-0.05, 0) is 57.5 Å². The Kier molecular flexibility index (Phi) is 7.61. The minimum atomic E-state index is -0.171. The second-order valence-corrected chi connectivity index (χ2v) is 10.2. The van der Waals surface area contributed by atoms with Gasteiger partial charge in [-0.2, -0.15) is 0 Å². The Hall–Kier alpha value is -3.57. The maximum absolute atomic E-state index is 12.5. The molecule has 2 aliphatic heterocycles. The number of hydrogen-bond donors (Lipinski definition) is 2. The zero-order valence-corrected chi connectivity index (χ0v) is 21.7. The summed E-state index contributed by atoms with van der Waals surface area (Å²) in [5.74, 6) is 0.0548. The predicted octanol–water partition coefficient (Wildman–Crippen LogP) is 3.01. The Labute approximate surface area is 219 Å². The van der Waals surface area contributed by atoms with E-state index < -0.39 is 0 Å². The minimum Gasteiger partial charge on any atom is -0.394 e. The number of fused-ring (bicyclic) bond motifs is 1. The average Bonchev–Trinajstić information content (AvgIpc) is 3.65. The number of hydrogen-bond acceptors (Lipinski definition) is 9. The number of amides is 2. The van der Waals surface area contributed by atoms with Gasteiger partial charge in [0, 0.05) is 42.7 Å². The van der Waals surface area contributed by atoms with Crippen LogP contribution in [0.15, 0.2) is 35.5 Å². The van der Waals surface area contributed by atoms with Crippen LogP contribution in [0, 0.1) is 0 Å². The summed E-state index contributed by atoms with van der Waals surface area (Å²) in [5.41, 5.74) is 8.70. The van der Waals surface area contributed by atoms with E-state index in [1.807, 2.05) is 31.2 Å². The monoisotopic (exact) mass is 521 g/mol. The highest BCUT2D eigenvalue weighted by Crippen LogP contribution is 2.29. The third kappa shape index (κ3) is 5.57. The van der Waals surface area contributed by atoms with Gasteiger partial charge >= 0.3 is 0 Å². The van der Waals surface area contributed by atoms with Gasteiger partial charge in [0.1, 0.15) is 22.8 Å². The number of nitrogens with two attached hydrogens (primary N) is 1. The number of anilines is 2. The Balaban J connectivity index is 1.50. The van der Waals surface area contributed by atoms with Crippen molar-refractivity contribution >= 4 is 50.7 Å². The summed E-state index contributed by atoms with van der Waals surface area (Å²) in [5, 5.41) is 8.02. The lowest BCUT2D eigenvalue weighted by atomic mass is 10.0. The standard InChI is InChI=1S/C26H31N7O3S/c1-2-28-24(35)20-16-19-23(29-26(27)30-25(19)37-20)22(31-36-15-14-32-11-3-4-12-32)17-7-9-18(10-8-17)33-13-5-6-21(33)34/h7-10,16H,2-6,11-15H2,1H3,(H,28,35)(H2,27,29,30)/b31-22-. The first-order chi connectivity index (χ1) is 18.0. The van der Waals surface area contributed by atoms with Crippen molar-refractivity contribution in [2.45, 2.75) is 32.6 Å². The number of rotatable bonds is 9. The van der Waals surface area contributed by atoms with Gasteiger partial charge in [-0.1, -0.05) is 17.3 Å². The molecule has 0 saturated carbocycles. The Morgan fingerprint density at radius 1 is 1.16 bits per heavy atom. The third-order valence-electron chi connectivity index (χ3n) is 6.57. The smallest absolute Gasteiger partial charge is 0.261 e. The molecule has 0 atom stereocenters. The van der Waals surface area contributed by atoms with E-state index >= 15 is 0 Å². The van der Waals surface area contributed by atoms with Crippen molar-refractivity contribution in [2.75, 3.05) is 50.0 Å². The molecule has 0 spiro atoms. The molecule has 2 amide bonds. The van der Waals surface area contributed by atoms with Crippen LogP contribution >= 0.6 is 11.3 Å². The fraction of sp³-hybridized carbons (Fsp3) is 0.423. The van der Waals surface area contributed by atoms with E-state index in [1.54, 1.807) is 11.0 Å². The summed E-state index contributed by atoms with van der Waals surface area (Å²) in [6.07, 6.45) is 3.86. The zero-order chi connectivity index (χ0) is 25.8. The highest BCUT2D eigenvalue weighted by atomic mass is 32.1. The minimum absolute atomic E-state index is 0.0934. The van der Waals surface area contributed by atoms with E-state index in [2.05, 4.69) is 25.3 Å². The summed E-state index contributed by atoms with van der Waals surface area (Å²) >= 11 is 1.26. The second kappa shape index (κ2) is 11.2. The van der Waals surface area contributed by atoms with E-state index in [0.29, 0.717) is 46.1 Å². The van der Waals surface area contributed by atoms with Crippen molar-refractivity contribution in [1.29, 1.82) is 0 Å². The van der Waals surface area contributed by atoms with E-state index in [0.717, 1.165) is 43.9 Å². The number of thiophene rings is 1. The van der Waals surface area contributed by atoms with E-state index in [-0.39, 0.29) is 17.8 Å². The fourth-order valence-electron chi connectivity index (χ4n) is 4.72. The third-order valence-corrected chi connectivity index (χ3v) is 7.60. The van der Waals surface area contributed by atoms with Crippen LogP contribution in [-0.2, 0) is 9.63 Å². The summed E-state index contributed by atoms with van der Waals surface area (Å²) in [7, 11) is 0. The van der Waals surface area contributed by atoms with Gasteiger partial charge in [-0.3, -0.25) is 14.5 Å². The van der Waals surface area contributed by atoms with Gasteiger partial charge in [0.25, 0.3) is 5.91 Å². The van der Waals surface area contributed by atoms with Gasteiger partial charge in [0.05, 0.1) is 4.88 Å². The van der Waals surface area contributed by atoms with Crippen molar-refractivity contribution in [2.24, 2.45) is 5.16 Å². The van der Waals surface area contributed by atoms with Gasteiger partial charge in [-0.15, -0.1) is 11.3 Å². The van der Waals surface area contributed by atoms with Crippen molar-refractivity contribution in [1.82, 2.24) is 20.2 Å². The molecular formula is C26H31N7O3S. The van der Waals surface area contributed by atoms with Crippen molar-refractivity contribution in [3.8, 4) is 0 Å². The van der Waals surface area contributed by atoms with Gasteiger partial charge in [-0.25, -0.2) is 9.97 Å². The highest BCUT2D eigenvalue weighted by molar-refractivity contribution is 7.20. The lowest BCUT2D eigenvalue weighted by Gasteiger charge is -2.16. The molecule has 11 heteroatoms. The number of nitrogens with zero attached hydrogens (tertiary/aromatic N) is 5. The van der Waals surface area contributed by atoms with E-state index in [9.17, 15) is 9.59 Å². The maximum atomic E-state index is 12.5. The Morgan fingerprint density at radius 3 is 2.65 bits per heavy atom. The summed E-state index contributed by atoms with van der Waals surface area (Å²) < 4.78 is 0. The van der Waals surface area contributed by atoms with Crippen molar-refractivity contribution in [3.63, 3.8) is 0 Å². The van der Waals surface area contributed by atoms with Crippen LogP contribution in [0.3, 0.4) is 0 Å². The molecule has 0 radical (unpaired) electrons. The molecule has 0 unspecified atom stereocenters. The topological polar surface area (TPSA) is 126 Å². The normalized spacial score (nSPS) is 16.6. The lowest BCUT2D eigenvalue weighted by molar-refractivity contribution is -0.117. The van der Waals surface area contributed by atoms with Gasteiger partial charge < -0.3 is 20.8 Å². The molecule has 0 bridgehead atoms. The molecular weight excluding hydrogens is 490 g/mol. The molecule has 3 N–H and O–H groups in total. The quantitative estimate of drug-likeness (QED) is 0.252. The van der Waals surface area contributed by atoms with Crippen LogP contribution in [0.4, 0.5) is 11.6 Å². The number of nitrogens with one attached hydrogen (secondary N) is 1. The molecule has 194 valence electrons. The molecule has 4 heterocycles. The molecule has 2 fully saturated rings. The summed E-state index contributed by atoms with van der Waals surface area (Å²) in [6.45, 7) is 6.53. The number of likely N-dealkylation sites (tertiary alicyclic amines) is 1. The Morgan fingerprint density at radius 2 is 1.95 bits per heavy atom. The average molecular weight is 522 g/mol. The molecule has 37 heavy (non-hydrogen) atoms.